The predicted molar refractivity (Wildman–Crippen MR) is 96.0 cm³/mol. The maximum atomic E-state index is 15.1. The summed E-state index contributed by atoms with van der Waals surface area (Å²) in [6, 6.07) is 2.89. The minimum atomic E-state index is -2.93. The van der Waals surface area contributed by atoms with Crippen LogP contribution in [0, 0.1) is 5.95 Å². The summed E-state index contributed by atoms with van der Waals surface area (Å²) in [6.07, 6.45) is -4.90. The number of nitrogens with two attached hydrogens (primary N) is 1. The van der Waals surface area contributed by atoms with Gasteiger partial charge in [0.15, 0.2) is 11.9 Å². The first-order chi connectivity index (χ1) is 14.3. The van der Waals surface area contributed by atoms with Gasteiger partial charge in [0.1, 0.15) is 36.6 Å². The molecule has 4 rings (SSSR count). The monoisotopic (exact) mass is 426 g/mol. The van der Waals surface area contributed by atoms with Crippen molar-refractivity contribution in [3.8, 4) is 22.9 Å². The highest BCUT2D eigenvalue weighted by Gasteiger charge is 2.44. The molecule has 0 radical (unpaired) electrons. The van der Waals surface area contributed by atoms with Crippen molar-refractivity contribution < 1.29 is 37.0 Å². The van der Waals surface area contributed by atoms with Crippen molar-refractivity contribution in [3.05, 3.63) is 24.1 Å². The molecule has 2 atom stereocenters. The molecule has 0 unspecified atom stereocenters. The first kappa shape index (κ1) is 19.9. The Labute approximate surface area is 168 Å². The van der Waals surface area contributed by atoms with E-state index in [0.717, 1.165) is 4.57 Å². The molecule has 0 saturated carbocycles. The number of imidazole rings is 1. The zero-order valence-corrected chi connectivity index (χ0v) is 15.7. The fourth-order valence-corrected chi connectivity index (χ4v) is 3.24. The van der Waals surface area contributed by atoms with Crippen molar-refractivity contribution in [1.29, 1.82) is 0 Å². The van der Waals surface area contributed by atoms with Crippen LogP contribution in [0.1, 0.15) is 6.92 Å². The Morgan fingerprint density at radius 2 is 2.13 bits per heavy atom. The third-order valence-electron chi connectivity index (χ3n) is 4.79. The molecule has 2 amide bonds. The van der Waals surface area contributed by atoms with Gasteiger partial charge >= 0.3 is 6.09 Å². The van der Waals surface area contributed by atoms with E-state index in [0.29, 0.717) is 16.2 Å². The lowest BCUT2D eigenvalue weighted by atomic mass is 10.1. The summed E-state index contributed by atoms with van der Waals surface area (Å²) < 4.78 is 58.5. The van der Waals surface area contributed by atoms with Crippen LogP contribution in [0.5, 0.6) is 11.5 Å². The topological polar surface area (TPSA) is 109 Å². The highest BCUT2D eigenvalue weighted by molar-refractivity contribution is 5.90. The number of primary amides is 1. The molecule has 2 N–H and O–H groups in total. The molecule has 1 aromatic carbocycles. The van der Waals surface area contributed by atoms with Crippen molar-refractivity contribution in [2.24, 2.45) is 5.73 Å². The number of benzene rings is 1. The van der Waals surface area contributed by atoms with E-state index in [2.05, 4.69) is 9.72 Å². The lowest BCUT2D eigenvalue weighted by Crippen LogP contribution is -2.39. The van der Waals surface area contributed by atoms with Gasteiger partial charge in [-0.3, -0.25) is 9.36 Å². The van der Waals surface area contributed by atoms with E-state index in [4.69, 9.17) is 15.2 Å². The number of carbonyl (C=O) groups excluding carboxylic acids is 2. The molecule has 2 aliphatic rings. The summed E-state index contributed by atoms with van der Waals surface area (Å²) in [5.74, 6) is -1.46. The average molecular weight is 426 g/mol. The highest BCUT2D eigenvalue weighted by Crippen LogP contribution is 2.38. The van der Waals surface area contributed by atoms with Gasteiger partial charge in [-0.1, -0.05) is 0 Å². The first-order valence-corrected chi connectivity index (χ1v) is 9.01. The number of ether oxygens (including phenoxy) is 3. The molecular formula is C18H17F3N4O5. The highest BCUT2D eigenvalue weighted by atomic mass is 19.3. The molecule has 0 bridgehead atoms. The molecule has 9 nitrogen and oxygen atoms in total. The minimum absolute atomic E-state index is 0.0267. The van der Waals surface area contributed by atoms with E-state index in [1.165, 1.54) is 25.1 Å². The van der Waals surface area contributed by atoms with Gasteiger partial charge in [-0.15, -0.1) is 0 Å². The molecular weight excluding hydrogens is 409 g/mol. The van der Waals surface area contributed by atoms with Crippen molar-refractivity contribution in [2.75, 3.05) is 18.1 Å². The van der Waals surface area contributed by atoms with Gasteiger partial charge in [0, 0.05) is 6.07 Å². The Morgan fingerprint density at radius 3 is 2.83 bits per heavy atom. The van der Waals surface area contributed by atoms with Crippen LogP contribution in [0.2, 0.25) is 0 Å². The Kier molecular flexibility index (Phi) is 4.92. The molecule has 0 spiro atoms. The fourth-order valence-electron chi connectivity index (χ4n) is 3.24. The number of carbonyl (C=O) groups is 2. The maximum absolute atomic E-state index is 15.1. The van der Waals surface area contributed by atoms with Crippen molar-refractivity contribution in [2.45, 2.75) is 32.0 Å². The van der Waals surface area contributed by atoms with Crippen molar-refractivity contribution in [1.82, 2.24) is 9.55 Å². The smallest absolute Gasteiger partial charge is 0.416 e. The predicted octanol–water partition coefficient (Wildman–Crippen LogP) is 1.92. The lowest BCUT2D eigenvalue weighted by Gasteiger charge is -2.18. The largest absolute Gasteiger partial charge is 0.491 e. The van der Waals surface area contributed by atoms with Gasteiger partial charge in [-0.05, 0) is 19.1 Å². The van der Waals surface area contributed by atoms with Crippen LogP contribution in [0.4, 0.5) is 23.8 Å². The Morgan fingerprint density at radius 1 is 1.37 bits per heavy atom. The second-order valence-corrected chi connectivity index (χ2v) is 6.72. The van der Waals surface area contributed by atoms with E-state index < -0.39 is 48.9 Å². The van der Waals surface area contributed by atoms with Crippen LogP contribution < -0.4 is 20.1 Å². The number of aromatic nitrogens is 2. The first-order valence-electron chi connectivity index (χ1n) is 9.01. The number of nitrogens with zero attached hydrogens (tertiary/aromatic N) is 3. The zero-order chi connectivity index (χ0) is 21.6. The van der Waals surface area contributed by atoms with Crippen molar-refractivity contribution in [3.63, 3.8) is 0 Å². The number of amides is 2. The standard InChI is InChI=1S/C18H17F3N4O5/c1-8(15(22)26)30-9-2-3-10-12(6-9)28-5-4-24-14(21)17(23-16(10)24)25-11(13(19)20)7-29-18(25)27/h2-3,6,8,11,13H,4-5,7H2,1H3,(H2,22,26)/t8-,11-/m0/s1. The van der Waals surface area contributed by atoms with Crippen LogP contribution in [0.3, 0.4) is 0 Å². The molecule has 2 aliphatic heterocycles. The van der Waals surface area contributed by atoms with Crippen LogP contribution in [0.15, 0.2) is 18.2 Å². The number of cyclic esters (lactones) is 1. The second-order valence-electron chi connectivity index (χ2n) is 6.72. The molecule has 1 aromatic heterocycles. The molecule has 0 aliphatic carbocycles. The quantitative estimate of drug-likeness (QED) is 0.783. The molecule has 30 heavy (non-hydrogen) atoms. The molecule has 1 fully saturated rings. The zero-order valence-electron chi connectivity index (χ0n) is 15.7. The molecule has 3 heterocycles. The van der Waals surface area contributed by atoms with Gasteiger partial charge in [-0.25, -0.2) is 23.5 Å². The number of hydrogen-bond donors (Lipinski definition) is 1. The fraction of sp³-hybridized carbons (Fsp3) is 0.389. The second kappa shape index (κ2) is 7.43. The summed E-state index contributed by atoms with van der Waals surface area (Å²) in [5, 5.41) is 0. The number of fused-ring (bicyclic) bond motifs is 3. The van der Waals surface area contributed by atoms with Gasteiger partial charge in [0.25, 0.3) is 12.3 Å². The summed E-state index contributed by atoms with van der Waals surface area (Å²) >= 11 is 0. The number of alkyl halides is 2. The van der Waals surface area contributed by atoms with E-state index in [-0.39, 0.29) is 24.7 Å². The molecule has 160 valence electrons. The summed E-state index contributed by atoms with van der Waals surface area (Å²) in [6.45, 7) is 0.998. The van der Waals surface area contributed by atoms with E-state index in [1.54, 1.807) is 0 Å². The summed E-state index contributed by atoms with van der Waals surface area (Å²) in [4.78, 5) is 27.8. The number of anilines is 1. The molecule has 1 saturated heterocycles. The normalized spacial score (nSPS) is 18.9. The number of halogens is 3. The Balaban J connectivity index is 1.74. The summed E-state index contributed by atoms with van der Waals surface area (Å²) in [5.41, 5.74) is 5.55. The van der Waals surface area contributed by atoms with E-state index >= 15 is 4.39 Å². The SMILES string of the molecule is C[C@H](Oc1ccc2c(c1)OCCn1c-2nc(N2C(=O)OC[C@H]2C(F)F)c1F)C(N)=O. The van der Waals surface area contributed by atoms with Crippen molar-refractivity contribution >= 4 is 17.8 Å². The molecule has 12 heteroatoms. The third kappa shape index (κ3) is 3.27. The van der Waals surface area contributed by atoms with E-state index in [9.17, 15) is 18.4 Å². The van der Waals surface area contributed by atoms with E-state index in [1.807, 2.05) is 0 Å². The van der Waals surface area contributed by atoms with Crippen LogP contribution >= 0.6 is 0 Å². The van der Waals surface area contributed by atoms with Crippen LogP contribution in [-0.4, -0.2) is 53.3 Å². The average Bonchev–Trinajstić information content (AvgIpc) is 3.16. The van der Waals surface area contributed by atoms with Gasteiger partial charge in [0.2, 0.25) is 5.95 Å². The Bertz CT molecular complexity index is 1010. The number of rotatable bonds is 5. The Hall–Kier alpha value is -3.44. The lowest BCUT2D eigenvalue weighted by molar-refractivity contribution is -0.123. The third-order valence-corrected chi connectivity index (χ3v) is 4.79. The van der Waals surface area contributed by atoms with Crippen LogP contribution in [0.25, 0.3) is 11.4 Å². The number of hydrogen-bond acceptors (Lipinski definition) is 6. The van der Waals surface area contributed by atoms with Gasteiger partial charge < -0.3 is 19.9 Å². The minimum Gasteiger partial charge on any atom is -0.491 e. The van der Waals surface area contributed by atoms with Crippen LogP contribution in [-0.2, 0) is 16.1 Å². The van der Waals surface area contributed by atoms with Gasteiger partial charge in [0.05, 0.1) is 12.1 Å². The summed E-state index contributed by atoms with van der Waals surface area (Å²) in [7, 11) is 0. The maximum Gasteiger partial charge on any atom is 0.416 e. The molecule has 2 aromatic rings. The van der Waals surface area contributed by atoms with Gasteiger partial charge in [-0.2, -0.15) is 4.39 Å².